The second kappa shape index (κ2) is 8.80. The van der Waals surface area contributed by atoms with Crippen LogP contribution < -0.4 is 5.32 Å². The summed E-state index contributed by atoms with van der Waals surface area (Å²) < 4.78 is 43.7. The molecule has 3 aromatic rings. The highest BCUT2D eigenvalue weighted by molar-refractivity contribution is 7.89. The molecule has 8 heteroatoms. The van der Waals surface area contributed by atoms with Crippen LogP contribution in [0.1, 0.15) is 25.3 Å². The van der Waals surface area contributed by atoms with Gasteiger partial charge in [0.1, 0.15) is 5.82 Å². The molecule has 1 saturated heterocycles. The summed E-state index contributed by atoms with van der Waals surface area (Å²) in [5.41, 5.74) is 1.40. The number of aromatic nitrogens is 1. The number of piperidine rings is 1. The molecule has 1 atom stereocenters. The number of carbonyl (C=O) groups is 1. The highest BCUT2D eigenvalue weighted by Crippen LogP contribution is 2.27. The molecule has 1 aliphatic heterocycles. The molecule has 0 unspecified atom stereocenters. The van der Waals surface area contributed by atoms with Crippen LogP contribution in [0.3, 0.4) is 0 Å². The van der Waals surface area contributed by atoms with E-state index in [4.69, 9.17) is 0 Å². The third kappa shape index (κ3) is 4.36. The molecule has 2 heterocycles. The monoisotopic (exact) mass is 443 g/mol. The zero-order chi connectivity index (χ0) is 22.0. The highest BCUT2D eigenvalue weighted by atomic mass is 32.2. The number of halogens is 1. The van der Waals surface area contributed by atoms with E-state index in [9.17, 15) is 17.6 Å². The lowest BCUT2D eigenvalue weighted by Crippen LogP contribution is -2.45. The fraction of sp³-hybridized carbons (Fsp3) is 0.348. The maximum absolute atomic E-state index is 13.8. The number of aryl methyl sites for hydroxylation is 1. The minimum atomic E-state index is -3.71. The van der Waals surface area contributed by atoms with Gasteiger partial charge in [-0.3, -0.25) is 4.79 Å². The van der Waals surface area contributed by atoms with Crippen molar-refractivity contribution in [2.24, 2.45) is 5.92 Å². The summed E-state index contributed by atoms with van der Waals surface area (Å²) in [6, 6.07) is 13.3. The van der Waals surface area contributed by atoms with Crippen molar-refractivity contribution in [3.8, 4) is 0 Å². The van der Waals surface area contributed by atoms with Gasteiger partial charge in [-0.15, -0.1) is 0 Å². The number of fused-ring (bicyclic) bond motifs is 1. The molecule has 1 amide bonds. The molecular formula is C23H26FN3O3S. The third-order valence-electron chi connectivity index (χ3n) is 5.89. The molecule has 164 valence electrons. The van der Waals surface area contributed by atoms with Gasteiger partial charge in [0, 0.05) is 48.8 Å². The van der Waals surface area contributed by atoms with Crippen LogP contribution in [0, 0.1) is 11.7 Å². The van der Waals surface area contributed by atoms with Crippen molar-refractivity contribution in [3.05, 3.63) is 66.1 Å². The number of nitrogens with one attached hydrogen (secondary N) is 1. The number of rotatable bonds is 6. The van der Waals surface area contributed by atoms with Crippen LogP contribution in [-0.2, 0) is 27.9 Å². The Morgan fingerprint density at radius 3 is 2.77 bits per heavy atom. The molecule has 6 nitrogen and oxygen atoms in total. The Morgan fingerprint density at radius 2 is 2.00 bits per heavy atom. The predicted octanol–water partition coefficient (Wildman–Crippen LogP) is 3.52. The van der Waals surface area contributed by atoms with Gasteiger partial charge < -0.3 is 9.88 Å². The fourth-order valence-corrected chi connectivity index (χ4v) is 5.67. The Bertz CT molecular complexity index is 1210. The first-order valence-electron chi connectivity index (χ1n) is 10.5. The molecule has 1 N–H and O–H groups in total. The number of nitrogens with zero attached hydrogens (tertiary/aromatic N) is 2. The van der Waals surface area contributed by atoms with E-state index >= 15 is 0 Å². The van der Waals surface area contributed by atoms with Crippen LogP contribution in [0.25, 0.3) is 10.9 Å². The molecule has 0 saturated carbocycles. The van der Waals surface area contributed by atoms with Crippen molar-refractivity contribution in [1.82, 2.24) is 14.2 Å². The Labute approximate surface area is 181 Å². The Kier molecular flexibility index (Phi) is 6.11. The predicted molar refractivity (Wildman–Crippen MR) is 117 cm³/mol. The van der Waals surface area contributed by atoms with Gasteiger partial charge in [0.2, 0.25) is 15.9 Å². The molecule has 1 fully saturated rings. The molecule has 0 spiro atoms. The van der Waals surface area contributed by atoms with E-state index in [1.807, 2.05) is 25.3 Å². The first kappa shape index (κ1) is 21.5. The van der Waals surface area contributed by atoms with Crippen molar-refractivity contribution in [1.29, 1.82) is 0 Å². The maximum atomic E-state index is 13.8. The number of hydrogen-bond acceptors (Lipinski definition) is 3. The summed E-state index contributed by atoms with van der Waals surface area (Å²) >= 11 is 0. The average molecular weight is 444 g/mol. The maximum Gasteiger partial charge on any atom is 0.243 e. The van der Waals surface area contributed by atoms with E-state index in [1.54, 1.807) is 30.3 Å². The lowest BCUT2D eigenvalue weighted by molar-refractivity contribution is -0.126. The van der Waals surface area contributed by atoms with Crippen molar-refractivity contribution in [2.45, 2.75) is 37.8 Å². The molecule has 31 heavy (non-hydrogen) atoms. The van der Waals surface area contributed by atoms with Gasteiger partial charge in [-0.1, -0.05) is 18.2 Å². The molecule has 0 radical (unpaired) electrons. The first-order chi connectivity index (χ1) is 14.9. The smallest absolute Gasteiger partial charge is 0.243 e. The topological polar surface area (TPSA) is 71.4 Å². The molecular weight excluding hydrogens is 417 g/mol. The van der Waals surface area contributed by atoms with Gasteiger partial charge >= 0.3 is 0 Å². The lowest BCUT2D eigenvalue weighted by Gasteiger charge is -2.31. The number of hydrogen-bond donors (Lipinski definition) is 1. The number of benzene rings is 2. The summed E-state index contributed by atoms with van der Waals surface area (Å²) in [7, 11) is -3.71. The largest absolute Gasteiger partial charge is 0.352 e. The van der Waals surface area contributed by atoms with E-state index in [0.717, 1.165) is 17.4 Å². The van der Waals surface area contributed by atoms with Gasteiger partial charge in [-0.2, -0.15) is 4.31 Å². The van der Waals surface area contributed by atoms with Crippen molar-refractivity contribution >= 4 is 26.8 Å². The van der Waals surface area contributed by atoms with E-state index in [2.05, 4.69) is 9.88 Å². The normalized spacial score (nSPS) is 17.7. The lowest BCUT2D eigenvalue weighted by atomic mass is 9.98. The second-order valence-corrected chi connectivity index (χ2v) is 9.77. The summed E-state index contributed by atoms with van der Waals surface area (Å²) in [6.07, 6.45) is 3.15. The van der Waals surface area contributed by atoms with Gasteiger partial charge in [-0.25, -0.2) is 12.8 Å². The molecule has 1 aliphatic rings. The Balaban J connectivity index is 1.47. The average Bonchev–Trinajstić information content (AvgIpc) is 3.21. The van der Waals surface area contributed by atoms with Crippen molar-refractivity contribution in [3.63, 3.8) is 0 Å². The van der Waals surface area contributed by atoms with E-state index in [0.29, 0.717) is 24.9 Å². The van der Waals surface area contributed by atoms with Gasteiger partial charge in [0.15, 0.2) is 0 Å². The minimum absolute atomic E-state index is 0.0832. The standard InChI is InChI=1S/C23H26FN3O3S/c1-2-26-13-11-17-14-20(9-10-22(17)26)31(29,30)27-12-5-7-19(16-27)23(28)25-15-18-6-3-4-8-21(18)24/h3-4,6,8-11,13-14,19H,2,5,7,12,15-16H2,1H3,(H,25,28)/t19-/m1/s1. The van der Waals surface area contributed by atoms with Gasteiger partial charge in [0.05, 0.1) is 10.8 Å². The molecule has 4 rings (SSSR count). The van der Waals surface area contributed by atoms with E-state index in [-0.39, 0.29) is 29.7 Å². The SMILES string of the molecule is CCn1ccc2cc(S(=O)(=O)N3CCC[C@@H](C(=O)NCc4ccccc4F)C3)ccc21. The summed E-state index contributed by atoms with van der Waals surface area (Å²) in [6.45, 7) is 3.44. The van der Waals surface area contributed by atoms with E-state index < -0.39 is 15.9 Å². The molecule has 0 bridgehead atoms. The summed E-state index contributed by atoms with van der Waals surface area (Å²) in [4.78, 5) is 12.9. The van der Waals surface area contributed by atoms with Gasteiger partial charge in [-0.05, 0) is 50.1 Å². The number of sulfonamides is 1. The summed E-state index contributed by atoms with van der Waals surface area (Å²) in [5, 5.41) is 3.63. The fourth-order valence-electron chi connectivity index (χ4n) is 4.11. The molecule has 1 aromatic heterocycles. The number of carbonyl (C=O) groups excluding carboxylic acids is 1. The zero-order valence-corrected chi connectivity index (χ0v) is 18.2. The Morgan fingerprint density at radius 1 is 1.19 bits per heavy atom. The first-order valence-corrected chi connectivity index (χ1v) is 11.9. The van der Waals surface area contributed by atoms with Crippen molar-refractivity contribution < 1.29 is 17.6 Å². The van der Waals surface area contributed by atoms with Crippen LogP contribution in [0.15, 0.2) is 59.6 Å². The van der Waals surface area contributed by atoms with Gasteiger partial charge in [0.25, 0.3) is 0 Å². The second-order valence-electron chi connectivity index (χ2n) is 7.83. The van der Waals surface area contributed by atoms with Crippen LogP contribution in [0.2, 0.25) is 0 Å². The molecule has 0 aliphatic carbocycles. The minimum Gasteiger partial charge on any atom is -0.352 e. The quantitative estimate of drug-likeness (QED) is 0.634. The number of amides is 1. The van der Waals surface area contributed by atoms with Crippen LogP contribution in [0.4, 0.5) is 4.39 Å². The van der Waals surface area contributed by atoms with Crippen LogP contribution >= 0.6 is 0 Å². The van der Waals surface area contributed by atoms with Crippen molar-refractivity contribution in [2.75, 3.05) is 13.1 Å². The highest BCUT2D eigenvalue weighted by Gasteiger charge is 2.33. The van der Waals surface area contributed by atoms with Crippen LogP contribution in [0.5, 0.6) is 0 Å². The zero-order valence-electron chi connectivity index (χ0n) is 17.4. The van der Waals surface area contributed by atoms with Crippen LogP contribution in [-0.4, -0.2) is 36.3 Å². The molecule has 2 aromatic carbocycles. The summed E-state index contributed by atoms with van der Waals surface area (Å²) in [5.74, 6) is -1.08. The third-order valence-corrected chi connectivity index (χ3v) is 7.75. The Hall–Kier alpha value is -2.71. The van der Waals surface area contributed by atoms with E-state index in [1.165, 1.54) is 10.4 Å².